The number of ether oxygens (including phenoxy) is 2. The van der Waals surface area contributed by atoms with Crippen LogP contribution in [0.25, 0.3) is 0 Å². The molecule has 0 saturated carbocycles. The van der Waals surface area contributed by atoms with Crippen LogP contribution in [0.3, 0.4) is 0 Å². The normalized spacial score (nSPS) is 10.4. The monoisotopic (exact) mass is 289 g/mol. The fourth-order valence-electron chi connectivity index (χ4n) is 1.96. The first kappa shape index (κ1) is 15.1. The van der Waals surface area contributed by atoms with E-state index in [0.29, 0.717) is 30.3 Å². The first-order chi connectivity index (χ1) is 10.2. The summed E-state index contributed by atoms with van der Waals surface area (Å²) in [5, 5.41) is 6.92. The molecule has 0 unspecified atom stereocenters. The summed E-state index contributed by atoms with van der Waals surface area (Å²) in [5.74, 6) is 0.497. The van der Waals surface area contributed by atoms with Gasteiger partial charge in [0.05, 0.1) is 25.2 Å². The van der Waals surface area contributed by atoms with E-state index in [9.17, 15) is 4.79 Å². The summed E-state index contributed by atoms with van der Waals surface area (Å²) in [6.45, 7) is 4.75. The van der Waals surface area contributed by atoms with Gasteiger partial charge in [-0.1, -0.05) is 6.07 Å². The lowest BCUT2D eigenvalue weighted by atomic mass is 10.1. The highest BCUT2D eigenvalue weighted by molar-refractivity contribution is 6.05. The Kier molecular flexibility index (Phi) is 4.94. The molecule has 0 aliphatic heterocycles. The molecule has 1 N–H and O–H groups in total. The average Bonchev–Trinajstić information content (AvgIpc) is 2.92. The lowest BCUT2D eigenvalue weighted by molar-refractivity contribution is 0.0792. The van der Waals surface area contributed by atoms with Crippen molar-refractivity contribution in [1.82, 2.24) is 9.78 Å². The van der Waals surface area contributed by atoms with Crippen LogP contribution in [0.2, 0.25) is 0 Å². The molecule has 1 heterocycles. The van der Waals surface area contributed by atoms with Crippen LogP contribution in [0.1, 0.15) is 22.8 Å². The van der Waals surface area contributed by atoms with Crippen molar-refractivity contribution in [2.45, 2.75) is 20.6 Å². The van der Waals surface area contributed by atoms with Gasteiger partial charge in [-0.2, -0.15) is 5.10 Å². The molecule has 0 spiro atoms. The number of nitrogens with one attached hydrogen (secondary N) is 1. The number of nitrogens with zero attached hydrogens (tertiary/aromatic N) is 2. The van der Waals surface area contributed by atoms with Gasteiger partial charge in [-0.25, -0.2) is 4.68 Å². The number of methoxy groups -OCH3 is 1. The zero-order valence-corrected chi connectivity index (χ0v) is 12.4. The third kappa shape index (κ3) is 3.61. The van der Waals surface area contributed by atoms with Crippen molar-refractivity contribution in [1.29, 1.82) is 0 Å². The number of benzene rings is 1. The maximum Gasteiger partial charge on any atom is 0.256 e. The molecular weight excluding hydrogens is 270 g/mol. The van der Waals surface area contributed by atoms with Gasteiger partial charge in [0.25, 0.3) is 5.91 Å². The third-order valence-electron chi connectivity index (χ3n) is 3.07. The summed E-state index contributed by atoms with van der Waals surface area (Å²) in [6, 6.07) is 5.38. The van der Waals surface area contributed by atoms with E-state index in [0.717, 1.165) is 5.56 Å². The number of aromatic nitrogens is 2. The van der Waals surface area contributed by atoms with Crippen LogP contribution in [0.5, 0.6) is 5.75 Å². The van der Waals surface area contributed by atoms with Crippen molar-refractivity contribution in [3.05, 3.63) is 41.7 Å². The van der Waals surface area contributed by atoms with Crippen molar-refractivity contribution < 1.29 is 14.3 Å². The van der Waals surface area contributed by atoms with Crippen molar-refractivity contribution in [2.24, 2.45) is 0 Å². The van der Waals surface area contributed by atoms with E-state index in [-0.39, 0.29) is 5.91 Å². The molecule has 0 radical (unpaired) electrons. The highest BCUT2D eigenvalue weighted by Crippen LogP contribution is 2.21. The lowest BCUT2D eigenvalue weighted by Gasteiger charge is -2.09. The van der Waals surface area contributed by atoms with Gasteiger partial charge in [-0.3, -0.25) is 4.79 Å². The Morgan fingerprint density at radius 2 is 2.24 bits per heavy atom. The van der Waals surface area contributed by atoms with Gasteiger partial charge in [0, 0.05) is 17.7 Å². The maximum absolute atomic E-state index is 12.3. The van der Waals surface area contributed by atoms with Crippen molar-refractivity contribution >= 4 is 11.6 Å². The molecule has 1 amide bonds. The number of amides is 1. The minimum absolute atomic E-state index is 0.192. The Morgan fingerprint density at radius 1 is 1.43 bits per heavy atom. The molecule has 0 atom stereocenters. The Bertz CT molecular complexity index is 622. The number of hydrogen-bond acceptors (Lipinski definition) is 4. The second-order valence-corrected chi connectivity index (χ2v) is 4.48. The van der Waals surface area contributed by atoms with Gasteiger partial charge in [0.15, 0.2) is 0 Å². The summed E-state index contributed by atoms with van der Waals surface area (Å²) in [7, 11) is 1.59. The fourth-order valence-corrected chi connectivity index (χ4v) is 1.96. The Hall–Kier alpha value is -2.34. The van der Waals surface area contributed by atoms with Gasteiger partial charge in [-0.15, -0.1) is 0 Å². The van der Waals surface area contributed by atoms with Crippen LogP contribution in [0.15, 0.2) is 30.6 Å². The van der Waals surface area contributed by atoms with E-state index in [1.54, 1.807) is 36.3 Å². The summed E-state index contributed by atoms with van der Waals surface area (Å²) in [5.41, 5.74) is 2.01. The largest absolute Gasteiger partial charge is 0.496 e. The highest BCUT2D eigenvalue weighted by Gasteiger charge is 2.13. The number of anilines is 1. The van der Waals surface area contributed by atoms with Crippen LogP contribution in [0, 0.1) is 6.92 Å². The van der Waals surface area contributed by atoms with Gasteiger partial charge in [-0.05, 0) is 26.0 Å². The fraction of sp³-hybridized carbons (Fsp3) is 0.333. The Labute approximate surface area is 123 Å². The molecule has 0 aliphatic rings. The quantitative estimate of drug-likeness (QED) is 0.887. The molecule has 6 heteroatoms. The summed E-state index contributed by atoms with van der Waals surface area (Å²) in [4.78, 5) is 12.3. The Balaban J connectivity index is 2.09. The first-order valence-corrected chi connectivity index (χ1v) is 6.70. The molecule has 2 rings (SSSR count). The molecule has 0 bridgehead atoms. The summed E-state index contributed by atoms with van der Waals surface area (Å²) < 4.78 is 12.1. The van der Waals surface area contributed by atoms with Crippen molar-refractivity contribution in [2.75, 3.05) is 19.0 Å². The lowest BCUT2D eigenvalue weighted by Crippen LogP contribution is -2.13. The molecule has 1 aromatic carbocycles. The number of carbonyl (C=O) groups excluding carboxylic acids is 1. The smallest absolute Gasteiger partial charge is 0.256 e. The van der Waals surface area contributed by atoms with Gasteiger partial charge < -0.3 is 14.8 Å². The zero-order chi connectivity index (χ0) is 15.2. The average molecular weight is 289 g/mol. The predicted molar refractivity (Wildman–Crippen MR) is 79.5 cm³/mol. The van der Waals surface area contributed by atoms with Crippen LogP contribution in [0.4, 0.5) is 5.69 Å². The Morgan fingerprint density at radius 3 is 2.95 bits per heavy atom. The first-order valence-electron chi connectivity index (χ1n) is 6.70. The number of rotatable bonds is 6. The predicted octanol–water partition coefficient (Wildman–Crippen LogP) is 2.45. The van der Waals surface area contributed by atoms with Crippen LogP contribution < -0.4 is 10.1 Å². The van der Waals surface area contributed by atoms with E-state index >= 15 is 0 Å². The second kappa shape index (κ2) is 6.90. The van der Waals surface area contributed by atoms with E-state index in [1.807, 2.05) is 19.9 Å². The minimum Gasteiger partial charge on any atom is -0.496 e. The second-order valence-electron chi connectivity index (χ2n) is 4.48. The molecular formula is C15H19N3O3. The van der Waals surface area contributed by atoms with Crippen molar-refractivity contribution in [3.8, 4) is 5.75 Å². The van der Waals surface area contributed by atoms with Gasteiger partial charge >= 0.3 is 0 Å². The standard InChI is InChI=1S/C15H19N3O3/c1-4-21-10-18-9-12(8-16-18)17-15(19)13-6-5-7-14(20-3)11(13)2/h5-9H,4,10H2,1-3H3,(H,17,19). The van der Waals surface area contributed by atoms with Gasteiger partial charge in [0.1, 0.15) is 12.5 Å². The van der Waals surface area contributed by atoms with Crippen LogP contribution in [-0.4, -0.2) is 29.4 Å². The molecule has 0 saturated heterocycles. The van der Waals surface area contributed by atoms with Crippen molar-refractivity contribution in [3.63, 3.8) is 0 Å². The van der Waals surface area contributed by atoms with Crippen LogP contribution >= 0.6 is 0 Å². The van der Waals surface area contributed by atoms with E-state index in [1.165, 1.54) is 0 Å². The minimum atomic E-state index is -0.192. The molecule has 1 aromatic heterocycles. The molecule has 6 nitrogen and oxygen atoms in total. The third-order valence-corrected chi connectivity index (χ3v) is 3.07. The topological polar surface area (TPSA) is 65.4 Å². The van der Waals surface area contributed by atoms with Gasteiger partial charge in [0.2, 0.25) is 0 Å². The molecule has 0 fully saturated rings. The SMILES string of the molecule is CCOCn1cc(NC(=O)c2cccc(OC)c2C)cn1. The highest BCUT2D eigenvalue weighted by atomic mass is 16.5. The number of hydrogen-bond donors (Lipinski definition) is 1. The maximum atomic E-state index is 12.3. The molecule has 2 aromatic rings. The van der Waals surface area contributed by atoms with E-state index in [2.05, 4.69) is 10.4 Å². The molecule has 21 heavy (non-hydrogen) atoms. The van der Waals surface area contributed by atoms with E-state index in [4.69, 9.17) is 9.47 Å². The van der Waals surface area contributed by atoms with E-state index < -0.39 is 0 Å². The molecule has 112 valence electrons. The zero-order valence-electron chi connectivity index (χ0n) is 12.4. The summed E-state index contributed by atoms with van der Waals surface area (Å²) >= 11 is 0. The van der Waals surface area contributed by atoms with Crippen LogP contribution in [-0.2, 0) is 11.5 Å². The number of carbonyl (C=O) groups is 1. The molecule has 0 aliphatic carbocycles. The summed E-state index contributed by atoms with van der Waals surface area (Å²) in [6.07, 6.45) is 3.31.